The van der Waals surface area contributed by atoms with Crippen LogP contribution >= 0.6 is 0 Å². The van der Waals surface area contributed by atoms with Gasteiger partial charge in [0.1, 0.15) is 5.75 Å². The van der Waals surface area contributed by atoms with Crippen LogP contribution < -0.4 is 10.1 Å². The lowest BCUT2D eigenvalue weighted by Gasteiger charge is -2.20. The number of ether oxygens (including phenoxy) is 1. The molecular formula is C13H19NO4. The summed E-state index contributed by atoms with van der Waals surface area (Å²) in [6, 6.07) is 6.78. The van der Waals surface area contributed by atoms with Gasteiger partial charge in [0.25, 0.3) is 0 Å². The van der Waals surface area contributed by atoms with Crippen molar-refractivity contribution >= 4 is 5.97 Å². The smallest absolute Gasteiger partial charge is 0.317 e. The molecule has 1 aromatic rings. The summed E-state index contributed by atoms with van der Waals surface area (Å²) in [5, 5.41) is 21.3. The number of carbonyl (C=O) groups is 1. The average Bonchev–Trinajstić information content (AvgIpc) is 2.36. The molecule has 2 unspecified atom stereocenters. The summed E-state index contributed by atoms with van der Waals surface area (Å²) in [7, 11) is 0. The largest absolute Gasteiger partial charge is 0.494 e. The maximum absolute atomic E-state index is 10.4. The molecule has 2 atom stereocenters. The zero-order valence-electron chi connectivity index (χ0n) is 10.6. The van der Waals surface area contributed by atoms with Gasteiger partial charge >= 0.3 is 5.97 Å². The molecule has 0 spiro atoms. The van der Waals surface area contributed by atoms with E-state index in [0.717, 1.165) is 11.3 Å². The quantitative estimate of drug-likeness (QED) is 0.680. The number of hydrogen-bond donors (Lipinski definition) is 3. The van der Waals surface area contributed by atoms with E-state index in [2.05, 4.69) is 5.32 Å². The first kappa shape index (κ1) is 14.5. The zero-order chi connectivity index (χ0) is 13.5. The van der Waals surface area contributed by atoms with E-state index in [-0.39, 0.29) is 12.6 Å². The molecule has 1 aromatic carbocycles. The Morgan fingerprint density at radius 2 is 2.00 bits per heavy atom. The minimum atomic E-state index is -0.944. The van der Waals surface area contributed by atoms with Gasteiger partial charge in [0.2, 0.25) is 0 Å². The zero-order valence-corrected chi connectivity index (χ0v) is 10.6. The molecule has 100 valence electrons. The fourth-order valence-electron chi connectivity index (χ4n) is 1.58. The van der Waals surface area contributed by atoms with E-state index in [1.165, 1.54) is 0 Å². The first-order valence-electron chi connectivity index (χ1n) is 5.90. The Bertz CT molecular complexity index is 377. The first-order chi connectivity index (χ1) is 8.54. The maximum Gasteiger partial charge on any atom is 0.317 e. The van der Waals surface area contributed by atoms with Crippen LogP contribution in [0.2, 0.25) is 0 Å². The van der Waals surface area contributed by atoms with E-state index >= 15 is 0 Å². The second-order valence-corrected chi connectivity index (χ2v) is 4.01. The molecule has 1 rings (SSSR count). The molecule has 0 aromatic heterocycles. The van der Waals surface area contributed by atoms with Crippen molar-refractivity contribution in [3.8, 4) is 5.75 Å². The van der Waals surface area contributed by atoms with Crippen molar-refractivity contribution in [3.63, 3.8) is 0 Å². The molecular weight excluding hydrogens is 234 g/mol. The van der Waals surface area contributed by atoms with E-state index in [9.17, 15) is 9.90 Å². The second kappa shape index (κ2) is 6.98. The predicted molar refractivity (Wildman–Crippen MR) is 67.7 cm³/mol. The summed E-state index contributed by atoms with van der Waals surface area (Å²) in [5.74, 6) is -0.194. The number of nitrogens with one attached hydrogen (secondary N) is 1. The van der Waals surface area contributed by atoms with Crippen molar-refractivity contribution in [2.45, 2.75) is 26.0 Å². The number of carboxylic acid groups (broad SMARTS) is 1. The third kappa shape index (κ3) is 4.35. The lowest BCUT2D eigenvalue weighted by molar-refractivity contribution is -0.136. The SMILES string of the molecule is CCOc1ccc(C(O)C(C)NCC(=O)O)cc1. The van der Waals surface area contributed by atoms with Gasteiger partial charge in [0, 0.05) is 6.04 Å². The van der Waals surface area contributed by atoms with Crippen molar-refractivity contribution < 1.29 is 19.7 Å². The van der Waals surface area contributed by atoms with Gasteiger partial charge < -0.3 is 20.3 Å². The molecule has 5 heteroatoms. The van der Waals surface area contributed by atoms with E-state index < -0.39 is 12.1 Å². The number of aliphatic hydroxyl groups is 1. The Morgan fingerprint density at radius 3 is 2.50 bits per heavy atom. The fourth-order valence-corrected chi connectivity index (χ4v) is 1.58. The highest BCUT2D eigenvalue weighted by molar-refractivity contribution is 5.69. The Kier molecular flexibility index (Phi) is 5.61. The number of aliphatic carboxylic acids is 1. The average molecular weight is 253 g/mol. The highest BCUT2D eigenvalue weighted by Gasteiger charge is 2.16. The molecule has 0 heterocycles. The van der Waals surface area contributed by atoms with Gasteiger partial charge in [-0.05, 0) is 31.5 Å². The molecule has 5 nitrogen and oxygen atoms in total. The van der Waals surface area contributed by atoms with Crippen LogP contribution in [0.3, 0.4) is 0 Å². The van der Waals surface area contributed by atoms with Gasteiger partial charge in [-0.25, -0.2) is 0 Å². The standard InChI is InChI=1S/C13H19NO4/c1-3-18-11-6-4-10(5-7-11)13(17)9(2)14-8-12(15)16/h4-7,9,13-14,17H,3,8H2,1-2H3,(H,15,16). The summed E-state index contributed by atoms with van der Waals surface area (Å²) >= 11 is 0. The van der Waals surface area contributed by atoms with Crippen molar-refractivity contribution in [3.05, 3.63) is 29.8 Å². The van der Waals surface area contributed by atoms with Gasteiger partial charge in [-0.1, -0.05) is 12.1 Å². The topological polar surface area (TPSA) is 78.8 Å². The molecule has 0 bridgehead atoms. The lowest BCUT2D eigenvalue weighted by Crippen LogP contribution is -2.35. The van der Waals surface area contributed by atoms with E-state index in [0.29, 0.717) is 6.61 Å². The molecule has 0 fully saturated rings. The van der Waals surface area contributed by atoms with Gasteiger partial charge in [-0.3, -0.25) is 4.79 Å². The summed E-state index contributed by atoms with van der Waals surface area (Å²) in [5.41, 5.74) is 0.726. The Balaban J connectivity index is 2.59. The number of rotatable bonds is 7. The van der Waals surface area contributed by atoms with Gasteiger partial charge in [0.15, 0.2) is 0 Å². The summed E-state index contributed by atoms with van der Waals surface area (Å²) in [4.78, 5) is 10.4. The molecule has 3 N–H and O–H groups in total. The normalized spacial score (nSPS) is 13.9. The van der Waals surface area contributed by atoms with Gasteiger partial charge in [0.05, 0.1) is 19.3 Å². The van der Waals surface area contributed by atoms with Crippen LogP contribution in [0.25, 0.3) is 0 Å². The molecule has 0 saturated carbocycles. The minimum absolute atomic E-state index is 0.171. The summed E-state index contributed by atoms with van der Waals surface area (Å²) < 4.78 is 5.31. The Hall–Kier alpha value is -1.59. The first-order valence-corrected chi connectivity index (χ1v) is 5.90. The summed E-state index contributed by atoms with van der Waals surface area (Å²) in [6.07, 6.45) is -0.750. The highest BCUT2D eigenvalue weighted by atomic mass is 16.5. The third-order valence-corrected chi connectivity index (χ3v) is 2.58. The fraction of sp³-hybridized carbons (Fsp3) is 0.462. The Labute approximate surface area is 106 Å². The van der Waals surface area contributed by atoms with Crippen molar-refractivity contribution in [2.24, 2.45) is 0 Å². The minimum Gasteiger partial charge on any atom is -0.494 e. The van der Waals surface area contributed by atoms with Crippen molar-refractivity contribution in [1.29, 1.82) is 0 Å². The van der Waals surface area contributed by atoms with Crippen molar-refractivity contribution in [2.75, 3.05) is 13.2 Å². The number of benzene rings is 1. The molecule has 0 saturated heterocycles. The van der Waals surface area contributed by atoms with Gasteiger partial charge in [-0.15, -0.1) is 0 Å². The van der Waals surface area contributed by atoms with E-state index in [1.807, 2.05) is 6.92 Å². The molecule has 0 aliphatic heterocycles. The molecule has 0 amide bonds. The molecule has 0 radical (unpaired) electrons. The lowest BCUT2D eigenvalue weighted by atomic mass is 10.0. The van der Waals surface area contributed by atoms with E-state index in [1.54, 1.807) is 31.2 Å². The van der Waals surface area contributed by atoms with Crippen LogP contribution in [0.15, 0.2) is 24.3 Å². The Morgan fingerprint density at radius 1 is 1.39 bits per heavy atom. The molecule has 0 aliphatic rings. The van der Waals surface area contributed by atoms with Crippen LogP contribution in [0, 0.1) is 0 Å². The number of hydrogen-bond acceptors (Lipinski definition) is 4. The van der Waals surface area contributed by atoms with Gasteiger partial charge in [-0.2, -0.15) is 0 Å². The van der Waals surface area contributed by atoms with Crippen molar-refractivity contribution in [1.82, 2.24) is 5.32 Å². The summed E-state index contributed by atoms with van der Waals surface area (Å²) in [6.45, 7) is 4.07. The van der Waals surface area contributed by atoms with Crippen LogP contribution in [0.1, 0.15) is 25.5 Å². The second-order valence-electron chi connectivity index (χ2n) is 4.01. The maximum atomic E-state index is 10.4. The van der Waals surface area contributed by atoms with Crippen LogP contribution in [-0.2, 0) is 4.79 Å². The number of carboxylic acids is 1. The molecule has 0 aliphatic carbocycles. The molecule has 18 heavy (non-hydrogen) atoms. The van der Waals surface area contributed by atoms with Crippen LogP contribution in [0.4, 0.5) is 0 Å². The van der Waals surface area contributed by atoms with Crippen LogP contribution in [-0.4, -0.2) is 35.4 Å². The monoisotopic (exact) mass is 253 g/mol. The van der Waals surface area contributed by atoms with Crippen LogP contribution in [0.5, 0.6) is 5.75 Å². The number of aliphatic hydroxyl groups excluding tert-OH is 1. The highest BCUT2D eigenvalue weighted by Crippen LogP contribution is 2.20. The third-order valence-electron chi connectivity index (χ3n) is 2.58. The predicted octanol–water partition coefficient (Wildman–Crippen LogP) is 1.18. The van der Waals surface area contributed by atoms with E-state index in [4.69, 9.17) is 9.84 Å².